The van der Waals surface area contributed by atoms with Crippen molar-refractivity contribution < 1.29 is 32.4 Å². The molecule has 0 unspecified atom stereocenters. The second-order valence-electron chi connectivity index (χ2n) is 5.99. The molecule has 0 aliphatic rings. The highest BCUT2D eigenvalue weighted by Crippen LogP contribution is 2.42. The van der Waals surface area contributed by atoms with Gasteiger partial charge in [-0.1, -0.05) is 0 Å². The van der Waals surface area contributed by atoms with Crippen LogP contribution < -0.4 is 5.32 Å². The number of aliphatic hydroxyl groups is 1. The van der Waals surface area contributed by atoms with E-state index in [0.29, 0.717) is 0 Å². The van der Waals surface area contributed by atoms with E-state index in [1.54, 1.807) is 0 Å². The molecule has 0 saturated carbocycles. The van der Waals surface area contributed by atoms with Gasteiger partial charge in [-0.2, -0.15) is 13.2 Å². The molecular formula is C17H17F3N2O5. The number of rotatable bonds is 7. The number of Topliss-reactive ketones (excluding diaryl/α,β-unsaturated/α-hetero) is 1. The number of alkyl halides is 3. The Kier molecular flexibility index (Phi) is 5.59. The third kappa shape index (κ3) is 4.27. The van der Waals surface area contributed by atoms with E-state index in [-0.39, 0.29) is 22.8 Å². The third-order valence-corrected chi connectivity index (χ3v) is 4.02. The summed E-state index contributed by atoms with van der Waals surface area (Å²) in [5, 5.41) is 23.8. The van der Waals surface area contributed by atoms with Crippen LogP contribution in [-0.4, -0.2) is 28.5 Å². The number of halogens is 3. The van der Waals surface area contributed by atoms with E-state index in [2.05, 4.69) is 5.32 Å². The third-order valence-electron chi connectivity index (χ3n) is 4.02. The monoisotopic (exact) mass is 386 g/mol. The zero-order valence-electron chi connectivity index (χ0n) is 14.5. The van der Waals surface area contributed by atoms with Crippen molar-refractivity contribution in [3.8, 4) is 0 Å². The van der Waals surface area contributed by atoms with Gasteiger partial charge in [0, 0.05) is 24.6 Å². The molecular weight excluding hydrogens is 369 g/mol. The zero-order valence-corrected chi connectivity index (χ0v) is 14.5. The zero-order chi connectivity index (χ0) is 20.4. The summed E-state index contributed by atoms with van der Waals surface area (Å²) >= 11 is 0. The van der Waals surface area contributed by atoms with Crippen molar-refractivity contribution in [2.75, 3.05) is 11.9 Å². The number of anilines is 1. The Labute approximate surface area is 151 Å². The van der Waals surface area contributed by atoms with Crippen LogP contribution in [-0.2, 0) is 5.60 Å². The first kappa shape index (κ1) is 20.4. The summed E-state index contributed by atoms with van der Waals surface area (Å²) in [6.07, 6.45) is -5.85. The highest BCUT2D eigenvalue weighted by Gasteiger charge is 2.56. The van der Waals surface area contributed by atoms with Gasteiger partial charge in [-0.05, 0) is 38.1 Å². The number of carbonyl (C=O) groups is 1. The van der Waals surface area contributed by atoms with Gasteiger partial charge in [0.25, 0.3) is 5.69 Å². The number of ketones is 1. The van der Waals surface area contributed by atoms with Crippen molar-refractivity contribution in [2.24, 2.45) is 0 Å². The molecule has 0 fully saturated rings. The van der Waals surface area contributed by atoms with E-state index in [1.165, 1.54) is 32.0 Å². The minimum Gasteiger partial charge on any atom is -0.463 e. The summed E-state index contributed by atoms with van der Waals surface area (Å²) in [7, 11) is 0. The Morgan fingerprint density at radius 3 is 2.44 bits per heavy atom. The minimum atomic E-state index is -5.01. The normalized spacial score (nSPS) is 13.9. The molecule has 0 spiro atoms. The quantitative estimate of drug-likeness (QED) is 0.424. The van der Waals surface area contributed by atoms with Crippen molar-refractivity contribution >= 4 is 17.2 Å². The largest absolute Gasteiger partial charge is 0.463 e. The van der Waals surface area contributed by atoms with Gasteiger partial charge in [-0.15, -0.1) is 0 Å². The average Bonchev–Trinajstić information content (AvgIpc) is 3.00. The Bertz CT molecular complexity index is 862. The summed E-state index contributed by atoms with van der Waals surface area (Å²) in [5.74, 6) is -0.837. The molecule has 7 nitrogen and oxygen atoms in total. The molecule has 0 saturated heterocycles. The molecule has 0 aliphatic carbocycles. The maximum atomic E-state index is 13.4. The van der Waals surface area contributed by atoms with Crippen LogP contribution in [0.5, 0.6) is 0 Å². The maximum absolute atomic E-state index is 13.4. The van der Waals surface area contributed by atoms with Gasteiger partial charge in [0.1, 0.15) is 17.2 Å². The standard InChI is InChI=1S/C17H17F3N2O5/c1-10-3-6-15(27-10)16(24,17(18,19)20)7-8-21-13-5-4-12(11(2)23)9-14(13)22(25)26/h3-6,9,21,24H,7-8H2,1-2H3/t16-/m0/s1. The van der Waals surface area contributed by atoms with Crippen LogP contribution in [0.4, 0.5) is 24.5 Å². The molecule has 0 radical (unpaired) electrons. The molecule has 0 amide bonds. The lowest BCUT2D eigenvalue weighted by Gasteiger charge is -2.28. The molecule has 146 valence electrons. The van der Waals surface area contributed by atoms with Gasteiger partial charge in [0.2, 0.25) is 5.60 Å². The predicted octanol–water partition coefficient (Wildman–Crippen LogP) is 3.95. The number of carbonyl (C=O) groups excluding carboxylic acids is 1. The molecule has 0 bridgehead atoms. The number of aryl methyl sites for hydroxylation is 1. The van der Waals surface area contributed by atoms with Crippen molar-refractivity contribution in [1.82, 2.24) is 0 Å². The summed E-state index contributed by atoms with van der Waals surface area (Å²) in [6, 6.07) is 5.93. The molecule has 2 rings (SSSR count). The molecule has 10 heteroatoms. The lowest BCUT2D eigenvalue weighted by molar-refractivity contribution is -0.384. The van der Waals surface area contributed by atoms with Crippen molar-refractivity contribution in [2.45, 2.75) is 32.0 Å². The van der Waals surface area contributed by atoms with Crippen LogP contribution in [0.2, 0.25) is 0 Å². The van der Waals surface area contributed by atoms with Crippen LogP contribution >= 0.6 is 0 Å². The van der Waals surface area contributed by atoms with E-state index in [9.17, 15) is 33.2 Å². The first-order chi connectivity index (χ1) is 12.5. The van der Waals surface area contributed by atoms with E-state index < -0.39 is 41.1 Å². The fourth-order valence-electron chi connectivity index (χ4n) is 2.49. The van der Waals surface area contributed by atoms with Crippen molar-refractivity contribution in [3.05, 3.63) is 57.5 Å². The summed E-state index contributed by atoms with van der Waals surface area (Å²) in [4.78, 5) is 21.7. The fraction of sp³-hybridized carbons (Fsp3) is 0.353. The average molecular weight is 386 g/mol. The van der Waals surface area contributed by atoms with Gasteiger partial charge in [0.05, 0.1) is 4.92 Å². The van der Waals surface area contributed by atoms with E-state index in [1.807, 2.05) is 0 Å². The number of benzene rings is 1. The van der Waals surface area contributed by atoms with Crippen LogP contribution in [0.3, 0.4) is 0 Å². The van der Waals surface area contributed by atoms with Crippen LogP contribution in [0.15, 0.2) is 34.7 Å². The van der Waals surface area contributed by atoms with Gasteiger partial charge in [0.15, 0.2) is 5.78 Å². The summed E-state index contributed by atoms with van der Waals surface area (Å²) in [5.41, 5.74) is -3.66. The second kappa shape index (κ2) is 7.39. The van der Waals surface area contributed by atoms with Crippen molar-refractivity contribution in [3.63, 3.8) is 0 Å². The number of furan rings is 1. The Balaban J connectivity index is 2.23. The highest BCUT2D eigenvalue weighted by atomic mass is 19.4. The smallest absolute Gasteiger partial charge is 0.424 e. The summed E-state index contributed by atoms with van der Waals surface area (Å²) < 4.78 is 45.1. The Hall–Kier alpha value is -2.88. The SMILES string of the molecule is CC(=O)c1ccc(NCC[C@](O)(c2ccc(C)o2)C(F)(F)F)c([N+](=O)[O-])c1. The minimum absolute atomic E-state index is 0.0647. The van der Waals surface area contributed by atoms with Gasteiger partial charge >= 0.3 is 6.18 Å². The number of nitro groups is 1. The maximum Gasteiger partial charge on any atom is 0.424 e. The lowest BCUT2D eigenvalue weighted by atomic mass is 9.95. The summed E-state index contributed by atoms with van der Waals surface area (Å²) in [6.45, 7) is 2.25. The van der Waals surface area contributed by atoms with Crippen LogP contribution in [0, 0.1) is 17.0 Å². The Morgan fingerprint density at radius 1 is 1.30 bits per heavy atom. The second-order valence-corrected chi connectivity index (χ2v) is 5.99. The number of nitro benzene ring substituents is 1. The van der Waals surface area contributed by atoms with Gasteiger partial charge in [-0.25, -0.2) is 0 Å². The van der Waals surface area contributed by atoms with E-state index in [4.69, 9.17) is 4.42 Å². The molecule has 2 aromatic rings. The highest BCUT2D eigenvalue weighted by molar-refractivity contribution is 5.95. The lowest BCUT2D eigenvalue weighted by Crippen LogP contribution is -2.43. The number of hydrogen-bond acceptors (Lipinski definition) is 6. The van der Waals surface area contributed by atoms with Gasteiger partial charge in [-0.3, -0.25) is 14.9 Å². The molecule has 1 heterocycles. The first-order valence-corrected chi connectivity index (χ1v) is 7.85. The number of nitrogens with zero attached hydrogens (tertiary/aromatic N) is 1. The molecule has 1 aromatic heterocycles. The molecule has 1 aromatic carbocycles. The fourth-order valence-corrected chi connectivity index (χ4v) is 2.49. The first-order valence-electron chi connectivity index (χ1n) is 7.85. The number of hydrogen-bond donors (Lipinski definition) is 2. The molecule has 1 atom stereocenters. The van der Waals surface area contributed by atoms with Crippen molar-refractivity contribution in [1.29, 1.82) is 0 Å². The number of nitrogens with one attached hydrogen (secondary N) is 1. The molecule has 27 heavy (non-hydrogen) atoms. The topological polar surface area (TPSA) is 106 Å². The predicted molar refractivity (Wildman–Crippen MR) is 89.6 cm³/mol. The van der Waals surface area contributed by atoms with Gasteiger partial charge < -0.3 is 14.8 Å². The van der Waals surface area contributed by atoms with E-state index >= 15 is 0 Å². The molecule has 0 aliphatic heterocycles. The van der Waals surface area contributed by atoms with Crippen LogP contribution in [0.25, 0.3) is 0 Å². The van der Waals surface area contributed by atoms with Crippen LogP contribution in [0.1, 0.15) is 35.2 Å². The Morgan fingerprint density at radius 2 is 1.96 bits per heavy atom. The van der Waals surface area contributed by atoms with E-state index in [0.717, 1.165) is 12.1 Å². The molecule has 2 N–H and O–H groups in total.